The molecule has 78 valence electrons. The fraction of sp³-hybridized carbons (Fsp3) is 1.00. The molecule has 0 unspecified atom stereocenters. The molecule has 1 aliphatic heterocycles. The topological polar surface area (TPSA) is 55.3 Å². The van der Waals surface area contributed by atoms with Crippen molar-refractivity contribution in [2.24, 2.45) is 23.3 Å². The van der Waals surface area contributed by atoms with E-state index in [4.69, 9.17) is 11.5 Å². The molecular formula is C10H23N3. The highest BCUT2D eigenvalue weighted by Crippen LogP contribution is 2.23. The number of hydrogen-bond donors (Lipinski definition) is 2. The Morgan fingerprint density at radius 2 is 1.77 bits per heavy atom. The molecule has 1 heterocycles. The van der Waals surface area contributed by atoms with E-state index in [2.05, 4.69) is 11.8 Å². The number of hydrogen-bond acceptors (Lipinski definition) is 3. The molecule has 0 aromatic heterocycles. The molecule has 1 fully saturated rings. The summed E-state index contributed by atoms with van der Waals surface area (Å²) in [5.41, 5.74) is 11.4. The molecule has 1 rings (SSSR count). The van der Waals surface area contributed by atoms with Crippen LogP contribution in [0.5, 0.6) is 0 Å². The molecule has 0 bridgehead atoms. The van der Waals surface area contributed by atoms with E-state index >= 15 is 0 Å². The van der Waals surface area contributed by atoms with Crippen molar-refractivity contribution in [3.63, 3.8) is 0 Å². The maximum atomic E-state index is 5.69. The van der Waals surface area contributed by atoms with Crippen LogP contribution in [0.3, 0.4) is 0 Å². The molecule has 13 heavy (non-hydrogen) atoms. The van der Waals surface area contributed by atoms with E-state index in [1.54, 1.807) is 0 Å². The predicted molar refractivity (Wildman–Crippen MR) is 56.4 cm³/mol. The molecule has 1 aliphatic rings. The fourth-order valence-corrected chi connectivity index (χ4v) is 2.22. The number of rotatable bonds is 4. The maximum Gasteiger partial charge on any atom is -0.00161 e. The van der Waals surface area contributed by atoms with Crippen LogP contribution < -0.4 is 11.5 Å². The van der Waals surface area contributed by atoms with Crippen molar-refractivity contribution in [2.45, 2.75) is 19.8 Å². The lowest BCUT2D eigenvalue weighted by molar-refractivity contribution is 0.157. The Morgan fingerprint density at radius 3 is 2.15 bits per heavy atom. The molecule has 4 N–H and O–H groups in total. The summed E-state index contributed by atoms with van der Waals surface area (Å²) in [6.45, 7) is 7.39. The number of nitrogens with two attached hydrogens (primary N) is 2. The summed E-state index contributed by atoms with van der Waals surface area (Å²) in [6.07, 6.45) is 2.57. The third kappa shape index (κ3) is 2.93. The van der Waals surface area contributed by atoms with E-state index in [0.717, 1.165) is 19.0 Å². The standard InChI is InChI=1S/C10H23N3/c1-2-13-5-3-9(4-6-13)10(7-11)8-12/h9-10H,2-8,11-12H2,1H3. The second kappa shape index (κ2) is 5.58. The van der Waals surface area contributed by atoms with E-state index < -0.39 is 0 Å². The van der Waals surface area contributed by atoms with Crippen molar-refractivity contribution in [3.8, 4) is 0 Å². The van der Waals surface area contributed by atoms with Crippen LogP contribution in [0.2, 0.25) is 0 Å². The number of likely N-dealkylation sites (tertiary alicyclic amines) is 1. The van der Waals surface area contributed by atoms with Gasteiger partial charge in [0.1, 0.15) is 0 Å². The smallest absolute Gasteiger partial charge is 0.00161 e. The van der Waals surface area contributed by atoms with Gasteiger partial charge in [0.25, 0.3) is 0 Å². The average Bonchev–Trinajstić information content (AvgIpc) is 2.21. The quantitative estimate of drug-likeness (QED) is 0.660. The molecule has 3 nitrogen and oxygen atoms in total. The van der Waals surface area contributed by atoms with Gasteiger partial charge in [0.15, 0.2) is 0 Å². The van der Waals surface area contributed by atoms with Crippen LogP contribution in [0, 0.1) is 11.8 Å². The maximum absolute atomic E-state index is 5.69. The minimum absolute atomic E-state index is 0.555. The van der Waals surface area contributed by atoms with Gasteiger partial charge in [-0.25, -0.2) is 0 Å². The largest absolute Gasteiger partial charge is 0.330 e. The second-order valence-corrected chi connectivity index (χ2v) is 4.00. The molecule has 0 radical (unpaired) electrons. The molecule has 3 heteroatoms. The summed E-state index contributed by atoms with van der Waals surface area (Å²) in [4.78, 5) is 2.50. The first kappa shape index (κ1) is 11.0. The minimum atomic E-state index is 0.555. The van der Waals surface area contributed by atoms with Crippen LogP contribution in [0.15, 0.2) is 0 Å². The van der Waals surface area contributed by atoms with Gasteiger partial charge in [0, 0.05) is 0 Å². The normalized spacial score (nSPS) is 21.2. The van der Waals surface area contributed by atoms with E-state index in [9.17, 15) is 0 Å². The molecule has 0 atom stereocenters. The van der Waals surface area contributed by atoms with Gasteiger partial charge in [-0.3, -0.25) is 0 Å². The van der Waals surface area contributed by atoms with Gasteiger partial charge >= 0.3 is 0 Å². The lowest BCUT2D eigenvalue weighted by atomic mass is 9.84. The van der Waals surface area contributed by atoms with Crippen molar-refractivity contribution >= 4 is 0 Å². The fourth-order valence-electron chi connectivity index (χ4n) is 2.22. The third-order valence-electron chi connectivity index (χ3n) is 3.35. The molecular weight excluding hydrogens is 162 g/mol. The first-order chi connectivity index (χ1) is 6.31. The summed E-state index contributed by atoms with van der Waals surface area (Å²) < 4.78 is 0. The van der Waals surface area contributed by atoms with E-state index in [1.807, 2.05) is 0 Å². The Morgan fingerprint density at radius 1 is 1.23 bits per heavy atom. The van der Waals surface area contributed by atoms with E-state index in [-0.39, 0.29) is 0 Å². The average molecular weight is 185 g/mol. The van der Waals surface area contributed by atoms with Crippen LogP contribution in [0.25, 0.3) is 0 Å². The molecule has 0 aromatic carbocycles. The lowest BCUT2D eigenvalue weighted by Crippen LogP contribution is -2.39. The predicted octanol–water partition coefficient (Wildman–Crippen LogP) is 0.252. The Balaban J connectivity index is 2.30. The summed E-state index contributed by atoms with van der Waals surface area (Å²) in [5.74, 6) is 1.33. The molecule has 0 amide bonds. The molecule has 0 aliphatic carbocycles. The first-order valence-electron chi connectivity index (χ1n) is 5.44. The minimum Gasteiger partial charge on any atom is -0.330 e. The molecule has 0 saturated carbocycles. The summed E-state index contributed by atoms with van der Waals surface area (Å²) in [5, 5.41) is 0. The highest BCUT2D eigenvalue weighted by Gasteiger charge is 2.23. The van der Waals surface area contributed by atoms with Crippen LogP contribution >= 0.6 is 0 Å². The van der Waals surface area contributed by atoms with Crippen LogP contribution in [-0.4, -0.2) is 37.6 Å². The number of nitrogens with zero attached hydrogens (tertiary/aromatic N) is 1. The van der Waals surface area contributed by atoms with Gasteiger partial charge < -0.3 is 16.4 Å². The molecule has 1 saturated heterocycles. The van der Waals surface area contributed by atoms with Crippen molar-refractivity contribution in [3.05, 3.63) is 0 Å². The van der Waals surface area contributed by atoms with Gasteiger partial charge in [0.05, 0.1) is 0 Å². The third-order valence-corrected chi connectivity index (χ3v) is 3.35. The summed E-state index contributed by atoms with van der Waals surface area (Å²) in [6, 6.07) is 0. The van der Waals surface area contributed by atoms with Gasteiger partial charge in [-0.05, 0) is 57.4 Å². The summed E-state index contributed by atoms with van der Waals surface area (Å²) >= 11 is 0. The highest BCUT2D eigenvalue weighted by atomic mass is 15.1. The van der Waals surface area contributed by atoms with Crippen molar-refractivity contribution < 1.29 is 0 Å². The SMILES string of the molecule is CCN1CCC(C(CN)CN)CC1. The lowest BCUT2D eigenvalue weighted by Gasteiger charge is -2.34. The van der Waals surface area contributed by atoms with Gasteiger partial charge in [0.2, 0.25) is 0 Å². The second-order valence-electron chi connectivity index (χ2n) is 4.00. The Kier molecular flexibility index (Phi) is 4.70. The van der Waals surface area contributed by atoms with Crippen molar-refractivity contribution in [1.82, 2.24) is 4.90 Å². The highest BCUT2D eigenvalue weighted by molar-refractivity contribution is 4.78. The Bertz CT molecular complexity index is 126. The zero-order valence-corrected chi connectivity index (χ0v) is 8.71. The van der Waals surface area contributed by atoms with E-state index in [0.29, 0.717) is 5.92 Å². The van der Waals surface area contributed by atoms with Crippen LogP contribution in [-0.2, 0) is 0 Å². The zero-order valence-electron chi connectivity index (χ0n) is 8.71. The Labute approximate surface area is 81.5 Å². The zero-order chi connectivity index (χ0) is 9.68. The van der Waals surface area contributed by atoms with E-state index in [1.165, 1.54) is 32.5 Å². The van der Waals surface area contributed by atoms with Gasteiger partial charge in [-0.2, -0.15) is 0 Å². The Hall–Kier alpha value is -0.120. The van der Waals surface area contributed by atoms with Crippen molar-refractivity contribution in [1.29, 1.82) is 0 Å². The first-order valence-corrected chi connectivity index (χ1v) is 5.44. The van der Waals surface area contributed by atoms with Gasteiger partial charge in [-0.15, -0.1) is 0 Å². The van der Waals surface area contributed by atoms with Crippen molar-refractivity contribution in [2.75, 3.05) is 32.7 Å². The van der Waals surface area contributed by atoms with Gasteiger partial charge in [-0.1, -0.05) is 6.92 Å². The monoisotopic (exact) mass is 185 g/mol. The summed E-state index contributed by atoms with van der Waals surface area (Å²) in [7, 11) is 0. The molecule has 0 aromatic rings. The number of piperidine rings is 1. The van der Waals surface area contributed by atoms with Crippen LogP contribution in [0.4, 0.5) is 0 Å². The molecule has 0 spiro atoms. The van der Waals surface area contributed by atoms with Crippen LogP contribution in [0.1, 0.15) is 19.8 Å².